The molecule has 5 N–H and O–H groups in total. The Balaban J connectivity index is 1.11. The highest BCUT2D eigenvalue weighted by atomic mass is 19.1. The van der Waals surface area contributed by atoms with Crippen molar-refractivity contribution in [1.29, 1.82) is 0 Å². The van der Waals surface area contributed by atoms with E-state index in [1.54, 1.807) is 18.3 Å². The first-order chi connectivity index (χ1) is 24.1. The summed E-state index contributed by atoms with van der Waals surface area (Å²) in [5.41, 5.74) is 8.47. The van der Waals surface area contributed by atoms with E-state index in [4.69, 9.17) is 15.2 Å². The molecule has 4 atom stereocenters. The van der Waals surface area contributed by atoms with Crippen LogP contribution in [0.5, 0.6) is 11.6 Å². The van der Waals surface area contributed by atoms with E-state index in [9.17, 15) is 23.6 Å². The summed E-state index contributed by atoms with van der Waals surface area (Å²) >= 11 is 0. The molecule has 12 nitrogen and oxygen atoms in total. The number of benzene rings is 2. The molecule has 4 heterocycles. The number of methoxy groups -OCH3 is 1. The van der Waals surface area contributed by atoms with Crippen LogP contribution >= 0.6 is 0 Å². The van der Waals surface area contributed by atoms with E-state index < -0.39 is 36.0 Å². The summed E-state index contributed by atoms with van der Waals surface area (Å²) in [6, 6.07) is 10.4. The zero-order valence-corrected chi connectivity index (χ0v) is 28.1. The lowest BCUT2D eigenvalue weighted by Crippen LogP contribution is -2.47. The molecule has 6 rings (SSSR count). The van der Waals surface area contributed by atoms with Gasteiger partial charge in [0.1, 0.15) is 18.4 Å². The van der Waals surface area contributed by atoms with Crippen molar-refractivity contribution in [3.63, 3.8) is 0 Å². The Morgan fingerprint density at radius 1 is 1.10 bits per heavy atom. The number of imide groups is 1. The molecule has 1 unspecified atom stereocenters. The SMILES string of the molecule is CC[C@@H]1[C@H](F)C(=O)N[C@@H]1COc1ncc(C#CC2CCN(Cc3ccc(NC4CCC(=O)NC4=O)cc3)CC2)c2cc(C(N)=O)c(OC)cc12. The number of nitrogens with one attached hydrogen (secondary N) is 3. The fourth-order valence-electron chi connectivity index (χ4n) is 6.82. The molecule has 3 aliphatic heterocycles. The number of piperidine rings is 2. The predicted molar refractivity (Wildman–Crippen MR) is 184 cm³/mol. The van der Waals surface area contributed by atoms with Crippen LogP contribution in [0.15, 0.2) is 42.6 Å². The maximum atomic E-state index is 14.4. The highest BCUT2D eigenvalue weighted by Gasteiger charge is 2.42. The van der Waals surface area contributed by atoms with Crippen LogP contribution in [0.25, 0.3) is 10.8 Å². The zero-order chi connectivity index (χ0) is 35.4. The molecule has 0 spiro atoms. The van der Waals surface area contributed by atoms with Gasteiger partial charge in [-0.2, -0.15) is 0 Å². The van der Waals surface area contributed by atoms with Crippen LogP contribution in [0.2, 0.25) is 0 Å². The maximum absolute atomic E-state index is 14.4. The van der Waals surface area contributed by atoms with Crippen LogP contribution in [0, 0.1) is 23.7 Å². The number of amides is 4. The number of fused-ring (bicyclic) bond motifs is 1. The first kappa shape index (κ1) is 34.6. The fourth-order valence-corrected chi connectivity index (χ4v) is 6.82. The van der Waals surface area contributed by atoms with Crippen LogP contribution in [0.4, 0.5) is 10.1 Å². The number of likely N-dealkylation sites (tertiary alicyclic amines) is 1. The van der Waals surface area contributed by atoms with Gasteiger partial charge in [-0.05, 0) is 68.6 Å². The van der Waals surface area contributed by atoms with Gasteiger partial charge in [-0.1, -0.05) is 30.9 Å². The highest BCUT2D eigenvalue weighted by Crippen LogP contribution is 2.34. The standard InChI is InChI=1S/C37H41FN6O6/c1-3-25-30(42-36(48)33(25)38)20-50-37-27-17-31(49-2)28(34(39)46)16-26(27)23(18-40-37)7-4-21-12-14-44(15-13-21)19-22-5-8-24(9-6-22)41-29-10-11-32(45)43-35(29)47/h5-6,8-9,16-18,21,25,29-30,33,41H,3,10-15,19-20H2,1-2H3,(H2,39,46)(H,42,48)(H,43,45,47)/t25-,29?,30+,33-/m0/s1. The molecule has 3 aromatic rings. The summed E-state index contributed by atoms with van der Waals surface area (Å²) in [5, 5.41) is 9.43. The van der Waals surface area contributed by atoms with Crippen molar-refractivity contribution in [1.82, 2.24) is 20.5 Å². The van der Waals surface area contributed by atoms with Gasteiger partial charge in [0.05, 0.1) is 24.3 Å². The van der Waals surface area contributed by atoms with Gasteiger partial charge in [0.2, 0.25) is 17.7 Å². The van der Waals surface area contributed by atoms with Crippen LogP contribution < -0.4 is 31.2 Å². The number of nitrogens with two attached hydrogens (primary N) is 1. The summed E-state index contributed by atoms with van der Waals surface area (Å²) in [5.74, 6) is 5.05. The normalized spacial score (nSPS) is 22.7. The number of alkyl halides is 1. The van der Waals surface area contributed by atoms with Gasteiger partial charge in [-0.25, -0.2) is 9.37 Å². The summed E-state index contributed by atoms with van der Waals surface area (Å²) in [6.07, 6.45) is 3.07. The molecule has 3 aliphatic rings. The molecule has 0 radical (unpaired) electrons. The van der Waals surface area contributed by atoms with E-state index in [-0.39, 0.29) is 41.5 Å². The topological polar surface area (TPSA) is 165 Å². The van der Waals surface area contributed by atoms with Crippen molar-refractivity contribution in [2.24, 2.45) is 17.6 Å². The minimum Gasteiger partial charge on any atom is -0.496 e. The third kappa shape index (κ3) is 7.65. The second-order valence-corrected chi connectivity index (χ2v) is 13.0. The van der Waals surface area contributed by atoms with Crippen molar-refractivity contribution >= 4 is 40.1 Å². The summed E-state index contributed by atoms with van der Waals surface area (Å²) < 4.78 is 25.8. The molecule has 1 aromatic heterocycles. The Bertz CT molecular complexity index is 1850. The molecule has 2 aromatic carbocycles. The number of halogens is 1. The third-order valence-electron chi connectivity index (χ3n) is 9.72. The van der Waals surface area contributed by atoms with Crippen molar-refractivity contribution in [2.45, 2.75) is 63.8 Å². The molecular weight excluding hydrogens is 643 g/mol. The van der Waals surface area contributed by atoms with Gasteiger partial charge < -0.3 is 25.8 Å². The molecule has 262 valence electrons. The van der Waals surface area contributed by atoms with E-state index >= 15 is 0 Å². The molecule has 13 heteroatoms. The number of anilines is 1. The van der Waals surface area contributed by atoms with E-state index in [0.717, 1.165) is 43.7 Å². The van der Waals surface area contributed by atoms with Gasteiger partial charge in [0.15, 0.2) is 6.17 Å². The van der Waals surface area contributed by atoms with Gasteiger partial charge in [-0.15, -0.1) is 0 Å². The predicted octanol–water partition coefficient (Wildman–Crippen LogP) is 3.06. The molecule has 0 saturated carbocycles. The molecule has 3 fully saturated rings. The number of nitrogens with zero attached hydrogens (tertiary/aromatic N) is 2. The Morgan fingerprint density at radius 2 is 1.86 bits per heavy atom. The van der Waals surface area contributed by atoms with Crippen LogP contribution in [0.3, 0.4) is 0 Å². The van der Waals surface area contributed by atoms with Crippen molar-refractivity contribution < 1.29 is 33.0 Å². The largest absolute Gasteiger partial charge is 0.496 e. The number of aromatic nitrogens is 1. The van der Waals surface area contributed by atoms with Gasteiger partial charge in [0.25, 0.3) is 11.8 Å². The Morgan fingerprint density at radius 3 is 2.54 bits per heavy atom. The number of carbonyl (C=O) groups excluding carboxylic acids is 4. The van der Waals surface area contributed by atoms with Crippen LogP contribution in [0.1, 0.15) is 60.5 Å². The van der Waals surface area contributed by atoms with Crippen LogP contribution in [-0.4, -0.2) is 78.6 Å². The number of hydrogen-bond donors (Lipinski definition) is 4. The number of ether oxygens (including phenoxy) is 2. The first-order valence-corrected chi connectivity index (χ1v) is 16.9. The lowest BCUT2D eigenvalue weighted by molar-refractivity contribution is -0.133. The lowest BCUT2D eigenvalue weighted by Gasteiger charge is -2.29. The lowest BCUT2D eigenvalue weighted by atomic mass is 9.96. The van der Waals surface area contributed by atoms with E-state index in [1.807, 2.05) is 31.2 Å². The highest BCUT2D eigenvalue weighted by molar-refractivity contribution is 6.03. The Hall–Kier alpha value is -5.22. The maximum Gasteiger partial charge on any atom is 0.255 e. The second-order valence-electron chi connectivity index (χ2n) is 13.0. The molecule has 0 aliphatic carbocycles. The summed E-state index contributed by atoms with van der Waals surface area (Å²) in [6.45, 7) is 4.40. The molecule has 4 amide bonds. The number of pyridine rings is 1. The first-order valence-electron chi connectivity index (χ1n) is 16.9. The average molecular weight is 685 g/mol. The van der Waals surface area contributed by atoms with Crippen molar-refractivity contribution in [3.05, 3.63) is 59.3 Å². The van der Waals surface area contributed by atoms with E-state index in [2.05, 4.69) is 37.7 Å². The van der Waals surface area contributed by atoms with E-state index in [0.29, 0.717) is 35.6 Å². The Kier molecular flexibility index (Phi) is 10.5. The monoisotopic (exact) mass is 684 g/mol. The number of hydrogen-bond acceptors (Lipinski definition) is 9. The van der Waals surface area contributed by atoms with E-state index in [1.165, 1.54) is 7.11 Å². The van der Waals surface area contributed by atoms with Crippen molar-refractivity contribution in [2.75, 3.05) is 32.1 Å². The minimum absolute atomic E-state index is 0.0274. The fraction of sp³-hybridized carbons (Fsp3) is 0.432. The average Bonchev–Trinajstić information content (AvgIpc) is 3.39. The van der Waals surface area contributed by atoms with Crippen LogP contribution in [-0.2, 0) is 20.9 Å². The second kappa shape index (κ2) is 15.1. The molecule has 50 heavy (non-hydrogen) atoms. The molecular formula is C37H41FN6O6. The number of primary amides is 1. The van der Waals surface area contributed by atoms with Gasteiger partial charge >= 0.3 is 0 Å². The summed E-state index contributed by atoms with van der Waals surface area (Å²) in [4.78, 5) is 54.6. The number of carbonyl (C=O) groups is 4. The third-order valence-corrected chi connectivity index (χ3v) is 9.72. The van der Waals surface area contributed by atoms with Crippen molar-refractivity contribution in [3.8, 4) is 23.5 Å². The zero-order valence-electron chi connectivity index (χ0n) is 28.1. The van der Waals surface area contributed by atoms with Gasteiger partial charge in [-0.3, -0.25) is 29.4 Å². The molecule has 0 bridgehead atoms. The number of rotatable bonds is 10. The Labute approximate surface area is 289 Å². The van der Waals surface area contributed by atoms with Gasteiger partial charge in [0, 0.05) is 47.5 Å². The minimum atomic E-state index is -1.58. The quantitative estimate of drug-likeness (QED) is 0.186. The summed E-state index contributed by atoms with van der Waals surface area (Å²) in [7, 11) is 1.44. The smallest absolute Gasteiger partial charge is 0.255 e. The molecule has 3 saturated heterocycles.